The number of amides is 1. The van der Waals surface area contributed by atoms with Crippen LogP contribution in [-0.4, -0.2) is 75.7 Å². The first-order valence-corrected chi connectivity index (χ1v) is 10.6. The van der Waals surface area contributed by atoms with E-state index in [2.05, 4.69) is 43.5 Å². The molecule has 2 aliphatic heterocycles. The Hall–Kier alpha value is -2.45. The largest absolute Gasteiger partial charge is 0.353 e. The molecule has 0 saturated carbocycles. The van der Waals surface area contributed by atoms with Crippen molar-refractivity contribution in [2.75, 3.05) is 50.7 Å². The molecule has 1 amide bonds. The summed E-state index contributed by atoms with van der Waals surface area (Å²) in [5.74, 6) is 1.25. The second kappa shape index (κ2) is 7.18. The van der Waals surface area contributed by atoms with Crippen LogP contribution in [0.4, 0.5) is 5.82 Å². The van der Waals surface area contributed by atoms with Crippen LogP contribution in [-0.2, 0) is 13.5 Å². The molecule has 0 unspecified atom stereocenters. The van der Waals surface area contributed by atoms with Gasteiger partial charge < -0.3 is 9.80 Å². The normalized spacial score (nSPS) is 18.1. The van der Waals surface area contributed by atoms with Crippen LogP contribution < -0.4 is 4.90 Å². The monoisotopic (exact) mass is 396 g/mol. The minimum Gasteiger partial charge on any atom is -0.353 e. The lowest BCUT2D eigenvalue weighted by atomic mass is 10.1. The Kier molecular flexibility index (Phi) is 4.52. The maximum absolute atomic E-state index is 12.7. The summed E-state index contributed by atoms with van der Waals surface area (Å²) in [6.07, 6.45) is 2.60. The summed E-state index contributed by atoms with van der Waals surface area (Å²) in [5.41, 5.74) is 1.83. The lowest BCUT2D eigenvalue weighted by Crippen LogP contribution is -2.49. The number of hydrogen-bond acceptors (Lipinski definition) is 6. The van der Waals surface area contributed by atoms with Crippen LogP contribution in [0.25, 0.3) is 10.1 Å². The van der Waals surface area contributed by atoms with Gasteiger partial charge in [-0.3, -0.25) is 14.4 Å². The molecule has 0 spiro atoms. The van der Waals surface area contributed by atoms with E-state index in [4.69, 9.17) is 0 Å². The van der Waals surface area contributed by atoms with Gasteiger partial charge in [-0.05, 0) is 23.7 Å². The summed E-state index contributed by atoms with van der Waals surface area (Å²) in [6, 6.07) is 8.45. The molecule has 0 radical (unpaired) electrons. The molecule has 0 aliphatic carbocycles. The van der Waals surface area contributed by atoms with Crippen molar-refractivity contribution in [1.29, 1.82) is 0 Å². The fourth-order valence-corrected chi connectivity index (χ4v) is 5.01. The van der Waals surface area contributed by atoms with Crippen molar-refractivity contribution >= 4 is 33.3 Å². The van der Waals surface area contributed by atoms with Gasteiger partial charge in [0.25, 0.3) is 5.91 Å². The van der Waals surface area contributed by atoms with Crippen LogP contribution in [0.15, 0.2) is 30.5 Å². The Bertz CT molecular complexity index is 1000. The first-order chi connectivity index (χ1) is 13.7. The molecule has 28 heavy (non-hydrogen) atoms. The van der Waals surface area contributed by atoms with Crippen molar-refractivity contribution < 1.29 is 4.79 Å². The zero-order chi connectivity index (χ0) is 19.1. The number of aromatic nitrogens is 3. The molecule has 3 aromatic rings. The number of benzene rings is 1. The van der Waals surface area contributed by atoms with Gasteiger partial charge in [0, 0.05) is 64.7 Å². The Morgan fingerprint density at radius 1 is 1.07 bits per heavy atom. The molecule has 0 bridgehead atoms. The number of fused-ring (bicyclic) bond motifs is 2. The third-order valence-corrected chi connectivity index (χ3v) is 6.73. The molecule has 1 fully saturated rings. The van der Waals surface area contributed by atoms with E-state index in [1.807, 2.05) is 16.6 Å². The molecule has 1 saturated heterocycles. The lowest BCUT2D eigenvalue weighted by molar-refractivity contribution is 0.0715. The van der Waals surface area contributed by atoms with Crippen molar-refractivity contribution in [3.63, 3.8) is 0 Å². The van der Waals surface area contributed by atoms with E-state index in [0.29, 0.717) is 0 Å². The lowest BCUT2D eigenvalue weighted by Gasteiger charge is -2.36. The third-order valence-electron chi connectivity index (χ3n) is 5.91. The maximum Gasteiger partial charge on any atom is 0.257 e. The second-order valence-electron chi connectivity index (χ2n) is 7.50. The predicted octanol–water partition coefficient (Wildman–Crippen LogP) is 1.85. The number of hydrogen-bond donors (Lipinski definition) is 0. The molecule has 7 nitrogen and oxygen atoms in total. The van der Waals surface area contributed by atoms with E-state index in [1.165, 1.54) is 10.1 Å². The maximum atomic E-state index is 12.7. The van der Waals surface area contributed by atoms with Crippen LogP contribution in [0.2, 0.25) is 0 Å². The summed E-state index contributed by atoms with van der Waals surface area (Å²) < 4.78 is 7.76. The molecule has 0 N–H and O–H groups in total. The molecule has 1 aromatic carbocycles. The van der Waals surface area contributed by atoms with Gasteiger partial charge in [0.1, 0.15) is 5.82 Å². The molecule has 0 atom stereocenters. The smallest absolute Gasteiger partial charge is 0.257 e. The highest BCUT2D eigenvalue weighted by atomic mass is 32.1. The fourth-order valence-electron chi connectivity index (χ4n) is 4.21. The zero-order valence-electron chi connectivity index (χ0n) is 16.0. The highest BCUT2D eigenvalue weighted by Gasteiger charge is 2.28. The number of nitrogens with zero attached hydrogens (tertiary/aromatic N) is 6. The highest BCUT2D eigenvalue weighted by Crippen LogP contribution is 2.29. The standard InChI is InChI=1S/C20H24N6OS/c1-23-17-6-7-26(20(27)16(17)14-21-23)13-10-24-8-11-25(12-9-24)19-15-4-2-3-5-18(15)28-22-19/h2-5,14H,6-13H2,1H3. The SMILES string of the molecule is Cn1ncc2c1CCN(CCN1CCN(c3nsc4ccccc34)CC1)C2=O. The minimum atomic E-state index is 0.127. The van der Waals surface area contributed by atoms with Gasteiger partial charge in [-0.1, -0.05) is 12.1 Å². The molecular formula is C20H24N6OS. The van der Waals surface area contributed by atoms with Crippen molar-refractivity contribution in [2.45, 2.75) is 6.42 Å². The Morgan fingerprint density at radius 2 is 1.89 bits per heavy atom. The molecule has 2 aliphatic rings. The number of anilines is 1. The third kappa shape index (κ3) is 3.06. The molecular weight excluding hydrogens is 372 g/mol. The molecule has 146 valence electrons. The molecule has 2 aromatic heterocycles. The fraction of sp³-hybridized carbons (Fsp3) is 0.450. The van der Waals surface area contributed by atoms with Gasteiger partial charge in [-0.2, -0.15) is 9.47 Å². The van der Waals surface area contributed by atoms with Gasteiger partial charge in [0.05, 0.1) is 22.2 Å². The van der Waals surface area contributed by atoms with Crippen molar-refractivity contribution in [1.82, 2.24) is 24.0 Å². The topological polar surface area (TPSA) is 57.5 Å². The Morgan fingerprint density at radius 3 is 2.75 bits per heavy atom. The summed E-state index contributed by atoms with van der Waals surface area (Å²) in [4.78, 5) is 19.5. The van der Waals surface area contributed by atoms with Crippen LogP contribution in [0, 0.1) is 0 Å². The molecule has 4 heterocycles. The van der Waals surface area contributed by atoms with E-state index in [9.17, 15) is 4.79 Å². The van der Waals surface area contributed by atoms with E-state index in [1.54, 1.807) is 17.7 Å². The van der Waals surface area contributed by atoms with Gasteiger partial charge in [-0.15, -0.1) is 0 Å². The second-order valence-corrected chi connectivity index (χ2v) is 8.31. The van der Waals surface area contributed by atoms with Gasteiger partial charge in [0.15, 0.2) is 0 Å². The van der Waals surface area contributed by atoms with E-state index in [0.717, 1.165) is 69.3 Å². The van der Waals surface area contributed by atoms with Crippen LogP contribution >= 0.6 is 11.5 Å². The van der Waals surface area contributed by atoms with Crippen LogP contribution in [0.5, 0.6) is 0 Å². The number of carbonyl (C=O) groups excluding carboxylic acids is 1. The van der Waals surface area contributed by atoms with Crippen molar-refractivity contribution in [2.24, 2.45) is 7.05 Å². The summed E-state index contributed by atoms with van der Waals surface area (Å²) >= 11 is 1.58. The first kappa shape index (κ1) is 17.6. The molecule has 8 heteroatoms. The average molecular weight is 397 g/mol. The van der Waals surface area contributed by atoms with E-state index < -0.39 is 0 Å². The predicted molar refractivity (Wildman–Crippen MR) is 111 cm³/mol. The number of rotatable bonds is 4. The first-order valence-electron chi connectivity index (χ1n) is 9.82. The van der Waals surface area contributed by atoms with E-state index in [-0.39, 0.29) is 5.91 Å². The molecule has 5 rings (SSSR count). The van der Waals surface area contributed by atoms with E-state index >= 15 is 0 Å². The summed E-state index contributed by atoms with van der Waals surface area (Å²) in [5, 5.41) is 5.49. The minimum absolute atomic E-state index is 0.127. The number of piperazine rings is 1. The van der Waals surface area contributed by atoms with Crippen molar-refractivity contribution in [3.05, 3.63) is 41.7 Å². The average Bonchev–Trinajstić information content (AvgIpc) is 3.32. The zero-order valence-corrected chi connectivity index (χ0v) is 16.9. The van der Waals surface area contributed by atoms with Gasteiger partial charge >= 0.3 is 0 Å². The Balaban J connectivity index is 1.17. The Labute approximate surface area is 168 Å². The number of carbonyl (C=O) groups is 1. The van der Waals surface area contributed by atoms with Gasteiger partial charge in [-0.25, -0.2) is 0 Å². The summed E-state index contributed by atoms with van der Waals surface area (Å²) in [7, 11) is 1.91. The number of aryl methyl sites for hydroxylation is 1. The van der Waals surface area contributed by atoms with Crippen molar-refractivity contribution in [3.8, 4) is 0 Å². The quantitative estimate of drug-likeness (QED) is 0.674. The van der Waals surface area contributed by atoms with Crippen LogP contribution in [0.1, 0.15) is 16.1 Å². The highest BCUT2D eigenvalue weighted by molar-refractivity contribution is 7.13. The van der Waals surface area contributed by atoms with Crippen LogP contribution in [0.3, 0.4) is 0 Å². The van der Waals surface area contributed by atoms with Gasteiger partial charge in [0.2, 0.25) is 0 Å². The summed E-state index contributed by atoms with van der Waals surface area (Å²) in [6.45, 7) is 6.47.